The molecule has 1 aliphatic carbocycles. The number of rotatable bonds is 10. The molecule has 0 aliphatic heterocycles. The van der Waals surface area contributed by atoms with Crippen molar-refractivity contribution in [3.8, 4) is 0 Å². The van der Waals surface area contributed by atoms with E-state index in [2.05, 4.69) is 16.0 Å². The van der Waals surface area contributed by atoms with E-state index in [9.17, 15) is 9.59 Å². The van der Waals surface area contributed by atoms with Crippen LogP contribution >= 0.6 is 0 Å². The molecule has 0 radical (unpaired) electrons. The van der Waals surface area contributed by atoms with Crippen LogP contribution in [0.4, 0.5) is 4.79 Å². The maximum atomic E-state index is 11.7. The molecular weight excluding hydrogens is 298 g/mol. The predicted octanol–water partition coefficient (Wildman–Crippen LogP) is 1.17. The first-order valence-corrected chi connectivity index (χ1v) is 8.28. The van der Waals surface area contributed by atoms with Crippen LogP contribution < -0.4 is 16.0 Å². The van der Waals surface area contributed by atoms with Crippen LogP contribution in [-0.4, -0.2) is 56.5 Å². The largest absolute Gasteiger partial charge is 0.444 e. The van der Waals surface area contributed by atoms with Crippen LogP contribution in [-0.2, 0) is 14.3 Å². The molecule has 1 rings (SSSR count). The van der Waals surface area contributed by atoms with Crippen molar-refractivity contribution in [2.24, 2.45) is 0 Å². The van der Waals surface area contributed by atoms with Gasteiger partial charge < -0.3 is 25.4 Å². The fourth-order valence-corrected chi connectivity index (χ4v) is 2.04. The summed E-state index contributed by atoms with van der Waals surface area (Å²) in [5, 5.41) is 8.87. The monoisotopic (exact) mass is 329 g/mol. The number of hydrogen-bond donors (Lipinski definition) is 3. The minimum absolute atomic E-state index is 0.0282. The van der Waals surface area contributed by atoms with Gasteiger partial charge in [0, 0.05) is 25.7 Å². The lowest BCUT2D eigenvalue weighted by molar-refractivity contribution is -0.120. The minimum Gasteiger partial charge on any atom is -0.444 e. The lowest BCUT2D eigenvalue weighted by atomic mass is 10.1. The molecule has 7 heteroatoms. The van der Waals surface area contributed by atoms with Gasteiger partial charge in [-0.15, -0.1) is 0 Å². The van der Waals surface area contributed by atoms with Gasteiger partial charge in [0.25, 0.3) is 0 Å². The Bertz CT molecular complexity index is 378. The molecule has 0 aromatic rings. The van der Waals surface area contributed by atoms with Crippen molar-refractivity contribution in [3.05, 3.63) is 0 Å². The van der Waals surface area contributed by atoms with E-state index in [0.717, 1.165) is 25.7 Å². The molecule has 0 saturated heterocycles. The molecule has 1 fully saturated rings. The summed E-state index contributed by atoms with van der Waals surface area (Å²) in [5.74, 6) is 0.0282. The second-order valence-electron chi connectivity index (χ2n) is 6.95. The summed E-state index contributed by atoms with van der Waals surface area (Å²) in [4.78, 5) is 23.2. The van der Waals surface area contributed by atoms with Gasteiger partial charge in [-0.25, -0.2) is 4.79 Å². The molecule has 7 nitrogen and oxygen atoms in total. The minimum atomic E-state index is -0.487. The van der Waals surface area contributed by atoms with E-state index in [-0.39, 0.29) is 11.9 Å². The summed E-state index contributed by atoms with van der Waals surface area (Å²) in [6, 6.07) is 0.466. The lowest BCUT2D eigenvalue weighted by Crippen LogP contribution is -2.42. The quantitative estimate of drug-likeness (QED) is 0.524. The topological polar surface area (TPSA) is 88.7 Å². The molecule has 0 heterocycles. The zero-order valence-corrected chi connectivity index (χ0v) is 14.7. The molecular formula is C16H31N3O4. The fourth-order valence-electron chi connectivity index (χ4n) is 2.04. The van der Waals surface area contributed by atoms with Crippen LogP contribution in [0.2, 0.25) is 0 Å². The Morgan fingerprint density at radius 2 is 1.96 bits per heavy atom. The molecule has 0 spiro atoms. The Morgan fingerprint density at radius 3 is 2.52 bits per heavy atom. The average Bonchev–Trinajstić information content (AvgIpc) is 3.22. The highest BCUT2D eigenvalue weighted by Gasteiger charge is 2.23. The van der Waals surface area contributed by atoms with E-state index in [1.165, 1.54) is 0 Å². The summed E-state index contributed by atoms with van der Waals surface area (Å²) in [7, 11) is 1.64. The Morgan fingerprint density at radius 1 is 1.26 bits per heavy atom. The van der Waals surface area contributed by atoms with Crippen LogP contribution in [0.1, 0.15) is 46.5 Å². The zero-order chi connectivity index (χ0) is 17.3. The number of alkyl carbamates (subject to hydrolysis) is 1. The number of hydrogen-bond acceptors (Lipinski definition) is 5. The summed E-state index contributed by atoms with van der Waals surface area (Å²) in [5.41, 5.74) is -0.487. The van der Waals surface area contributed by atoms with Crippen molar-refractivity contribution in [2.45, 2.75) is 64.1 Å². The third-order valence-electron chi connectivity index (χ3n) is 3.26. The zero-order valence-electron chi connectivity index (χ0n) is 14.7. The first kappa shape index (κ1) is 19.7. The Balaban J connectivity index is 2.14. The van der Waals surface area contributed by atoms with Gasteiger partial charge >= 0.3 is 6.09 Å². The fraction of sp³-hybridized carbons (Fsp3) is 0.875. The van der Waals surface area contributed by atoms with E-state index >= 15 is 0 Å². The lowest BCUT2D eigenvalue weighted by Gasteiger charge is -2.20. The van der Waals surface area contributed by atoms with Crippen molar-refractivity contribution < 1.29 is 19.1 Å². The number of ether oxygens (including phenoxy) is 2. The molecule has 1 atom stereocenters. The average molecular weight is 329 g/mol. The molecule has 3 N–H and O–H groups in total. The number of nitrogens with one attached hydrogen (secondary N) is 3. The van der Waals surface area contributed by atoms with Crippen LogP contribution in [0.5, 0.6) is 0 Å². The van der Waals surface area contributed by atoms with Gasteiger partial charge in [0.1, 0.15) is 5.60 Å². The summed E-state index contributed by atoms with van der Waals surface area (Å²) in [6.45, 7) is 6.85. The highest BCUT2D eigenvalue weighted by molar-refractivity contribution is 5.78. The van der Waals surface area contributed by atoms with Gasteiger partial charge in [-0.05, 0) is 46.5 Å². The maximum absolute atomic E-state index is 11.7. The first-order valence-electron chi connectivity index (χ1n) is 8.28. The van der Waals surface area contributed by atoms with Crippen LogP contribution in [0.25, 0.3) is 0 Å². The third kappa shape index (κ3) is 10.9. The maximum Gasteiger partial charge on any atom is 0.407 e. The summed E-state index contributed by atoms with van der Waals surface area (Å²) < 4.78 is 10.3. The van der Waals surface area contributed by atoms with Gasteiger partial charge in [-0.2, -0.15) is 0 Å². The molecule has 0 aromatic heterocycles. The summed E-state index contributed by atoms with van der Waals surface area (Å²) in [6.07, 6.45) is 3.36. The van der Waals surface area contributed by atoms with Crippen LogP contribution in [0, 0.1) is 0 Å². The molecule has 134 valence electrons. The third-order valence-corrected chi connectivity index (χ3v) is 3.26. The van der Waals surface area contributed by atoms with Gasteiger partial charge in [-0.1, -0.05) is 0 Å². The van der Waals surface area contributed by atoms with E-state index in [0.29, 0.717) is 25.7 Å². The molecule has 1 saturated carbocycles. The number of methoxy groups -OCH3 is 1. The smallest absolute Gasteiger partial charge is 0.407 e. The Hall–Kier alpha value is -1.34. The molecule has 2 amide bonds. The van der Waals surface area contributed by atoms with E-state index < -0.39 is 11.7 Å². The molecule has 1 unspecified atom stereocenters. The number of carbonyl (C=O) groups is 2. The highest BCUT2D eigenvalue weighted by Crippen LogP contribution is 2.18. The molecule has 23 heavy (non-hydrogen) atoms. The van der Waals surface area contributed by atoms with E-state index in [4.69, 9.17) is 9.47 Å². The van der Waals surface area contributed by atoms with Gasteiger partial charge in [0.2, 0.25) is 5.91 Å². The molecule has 0 bridgehead atoms. The normalized spacial score (nSPS) is 15.8. The standard InChI is InChI=1S/C16H31N3O4/c1-16(2,3)23-15(21)17-9-5-6-13(11-22-4)18-10-14(20)19-12-7-8-12/h12-13,18H,5-11H2,1-4H3,(H,17,21)(H,19,20). The van der Waals surface area contributed by atoms with E-state index in [1.54, 1.807) is 7.11 Å². The van der Waals surface area contributed by atoms with Gasteiger partial charge in [-0.3, -0.25) is 4.79 Å². The second kappa shape index (κ2) is 9.72. The van der Waals surface area contributed by atoms with Crippen molar-refractivity contribution in [1.82, 2.24) is 16.0 Å². The van der Waals surface area contributed by atoms with Crippen molar-refractivity contribution in [2.75, 3.05) is 26.8 Å². The molecule has 0 aromatic carbocycles. The van der Waals surface area contributed by atoms with Crippen molar-refractivity contribution in [1.29, 1.82) is 0 Å². The SMILES string of the molecule is COCC(CCCNC(=O)OC(C)(C)C)NCC(=O)NC1CC1. The molecule has 1 aliphatic rings. The van der Waals surface area contributed by atoms with Crippen LogP contribution in [0.15, 0.2) is 0 Å². The second-order valence-corrected chi connectivity index (χ2v) is 6.95. The summed E-state index contributed by atoms with van der Waals surface area (Å²) >= 11 is 0. The Kier molecular flexibility index (Phi) is 8.33. The van der Waals surface area contributed by atoms with E-state index in [1.807, 2.05) is 20.8 Å². The van der Waals surface area contributed by atoms with Crippen molar-refractivity contribution in [3.63, 3.8) is 0 Å². The van der Waals surface area contributed by atoms with Gasteiger partial charge in [0.05, 0.1) is 13.2 Å². The number of carbonyl (C=O) groups excluding carboxylic acids is 2. The van der Waals surface area contributed by atoms with Crippen LogP contribution in [0.3, 0.4) is 0 Å². The first-order chi connectivity index (χ1) is 10.8. The van der Waals surface area contributed by atoms with Gasteiger partial charge in [0.15, 0.2) is 0 Å². The Labute approximate surface area is 138 Å². The highest BCUT2D eigenvalue weighted by atomic mass is 16.6. The number of amides is 2. The van der Waals surface area contributed by atoms with Crippen molar-refractivity contribution >= 4 is 12.0 Å². The predicted molar refractivity (Wildman–Crippen MR) is 88.3 cm³/mol.